The summed E-state index contributed by atoms with van der Waals surface area (Å²) in [5, 5.41) is 4.23. The molecule has 0 fully saturated rings. The summed E-state index contributed by atoms with van der Waals surface area (Å²) in [6.07, 6.45) is 2.66. The molecule has 2 aromatic rings. The Morgan fingerprint density at radius 1 is 1.35 bits per heavy atom. The maximum Gasteiger partial charge on any atom is 0.257 e. The highest BCUT2D eigenvalue weighted by atomic mass is 16.2. The minimum Gasteiger partial charge on any atom is -0.399 e. The first-order valence-electron chi connectivity index (χ1n) is 6.71. The molecule has 1 aliphatic heterocycles. The predicted molar refractivity (Wildman–Crippen MR) is 77.2 cm³/mol. The van der Waals surface area contributed by atoms with Gasteiger partial charge in [0, 0.05) is 32.0 Å². The highest BCUT2D eigenvalue weighted by Gasteiger charge is 2.24. The molecule has 1 aromatic heterocycles. The van der Waals surface area contributed by atoms with Gasteiger partial charge in [0.05, 0.1) is 11.3 Å². The van der Waals surface area contributed by atoms with Crippen LogP contribution in [0.1, 0.15) is 27.2 Å². The van der Waals surface area contributed by atoms with Gasteiger partial charge in [-0.3, -0.25) is 9.48 Å². The summed E-state index contributed by atoms with van der Waals surface area (Å²) in [6, 6.07) is 5.94. The van der Waals surface area contributed by atoms with Crippen LogP contribution in [0.15, 0.2) is 24.4 Å². The first kappa shape index (κ1) is 12.7. The summed E-state index contributed by atoms with van der Waals surface area (Å²) in [5.41, 5.74) is 10.5. The smallest absolute Gasteiger partial charge is 0.257 e. The Bertz CT molecular complexity index is 675. The third kappa shape index (κ3) is 2.15. The molecule has 1 aliphatic rings. The molecule has 0 aliphatic carbocycles. The molecule has 1 aromatic carbocycles. The fourth-order valence-electron chi connectivity index (χ4n) is 2.73. The number of nitrogens with two attached hydrogens (primary N) is 1. The Kier molecular flexibility index (Phi) is 2.97. The van der Waals surface area contributed by atoms with Crippen molar-refractivity contribution >= 4 is 11.6 Å². The largest absolute Gasteiger partial charge is 0.399 e. The van der Waals surface area contributed by atoms with Gasteiger partial charge in [-0.2, -0.15) is 5.10 Å². The molecule has 3 rings (SSSR count). The normalized spacial score (nSPS) is 14.2. The zero-order chi connectivity index (χ0) is 14.3. The summed E-state index contributed by atoms with van der Waals surface area (Å²) in [4.78, 5) is 14.4. The van der Waals surface area contributed by atoms with Gasteiger partial charge >= 0.3 is 0 Å². The van der Waals surface area contributed by atoms with E-state index < -0.39 is 0 Å². The Morgan fingerprint density at radius 3 is 2.85 bits per heavy atom. The molecule has 0 radical (unpaired) electrons. The number of nitrogen functional groups attached to an aromatic ring is 1. The summed E-state index contributed by atoms with van der Waals surface area (Å²) in [6.45, 7) is 3.22. The summed E-state index contributed by atoms with van der Waals surface area (Å²) >= 11 is 0. The van der Waals surface area contributed by atoms with Crippen LogP contribution in [0.3, 0.4) is 0 Å². The molecule has 104 valence electrons. The third-order valence-electron chi connectivity index (χ3n) is 3.77. The lowest BCUT2D eigenvalue weighted by molar-refractivity contribution is 0.0734. The van der Waals surface area contributed by atoms with Gasteiger partial charge in [-0.05, 0) is 36.6 Å². The van der Waals surface area contributed by atoms with E-state index in [0.717, 1.165) is 29.9 Å². The van der Waals surface area contributed by atoms with Crippen LogP contribution in [-0.4, -0.2) is 27.1 Å². The number of benzene rings is 1. The molecule has 2 N–H and O–H groups in total. The fourth-order valence-corrected chi connectivity index (χ4v) is 2.73. The van der Waals surface area contributed by atoms with Crippen LogP contribution >= 0.6 is 0 Å². The first-order valence-corrected chi connectivity index (χ1v) is 6.71. The molecule has 0 atom stereocenters. The lowest BCUT2D eigenvalue weighted by Crippen LogP contribution is -2.36. The van der Waals surface area contributed by atoms with E-state index in [-0.39, 0.29) is 5.91 Å². The molecule has 5 heteroatoms. The molecule has 0 bridgehead atoms. The summed E-state index contributed by atoms with van der Waals surface area (Å²) in [5.74, 6) is 0.0451. The maximum atomic E-state index is 12.6. The first-order chi connectivity index (χ1) is 9.54. The van der Waals surface area contributed by atoms with E-state index in [4.69, 9.17) is 5.73 Å². The SMILES string of the molecule is Cc1nn(C)cc1C(=O)N1CCc2ccc(N)cc2C1. The minimum atomic E-state index is 0.0451. The number of nitrogens with zero attached hydrogens (tertiary/aromatic N) is 3. The van der Waals surface area contributed by atoms with Crippen LogP contribution < -0.4 is 5.73 Å². The number of fused-ring (bicyclic) bond motifs is 1. The number of rotatable bonds is 1. The van der Waals surface area contributed by atoms with E-state index in [1.807, 2.05) is 31.0 Å². The molecular formula is C15H18N4O. The minimum absolute atomic E-state index is 0.0451. The summed E-state index contributed by atoms with van der Waals surface area (Å²) in [7, 11) is 1.83. The molecule has 20 heavy (non-hydrogen) atoms. The van der Waals surface area contributed by atoms with Crippen LogP contribution in [0.5, 0.6) is 0 Å². The molecule has 1 amide bonds. The van der Waals surface area contributed by atoms with Crippen molar-refractivity contribution in [1.82, 2.24) is 14.7 Å². The van der Waals surface area contributed by atoms with Crippen LogP contribution in [-0.2, 0) is 20.0 Å². The second-order valence-corrected chi connectivity index (χ2v) is 5.31. The number of hydrogen-bond acceptors (Lipinski definition) is 3. The van der Waals surface area contributed by atoms with Crippen molar-refractivity contribution in [1.29, 1.82) is 0 Å². The van der Waals surface area contributed by atoms with Crippen LogP contribution in [0.25, 0.3) is 0 Å². The number of amides is 1. The summed E-state index contributed by atoms with van der Waals surface area (Å²) < 4.78 is 1.68. The zero-order valence-corrected chi connectivity index (χ0v) is 11.8. The Morgan fingerprint density at radius 2 is 2.15 bits per heavy atom. The van der Waals surface area contributed by atoms with Crippen molar-refractivity contribution in [2.45, 2.75) is 19.9 Å². The van der Waals surface area contributed by atoms with Crippen molar-refractivity contribution in [2.24, 2.45) is 7.05 Å². The standard InChI is InChI=1S/C15H18N4O/c1-10-14(9-18(2)17-10)15(20)19-6-5-11-3-4-13(16)7-12(11)8-19/h3-4,7,9H,5-6,8,16H2,1-2H3. The number of carbonyl (C=O) groups excluding carboxylic acids is 1. The van der Waals surface area contributed by atoms with E-state index in [0.29, 0.717) is 12.1 Å². The van der Waals surface area contributed by atoms with E-state index in [9.17, 15) is 4.79 Å². The zero-order valence-electron chi connectivity index (χ0n) is 11.8. The molecular weight excluding hydrogens is 252 g/mol. The van der Waals surface area contributed by atoms with Crippen molar-refractivity contribution in [3.8, 4) is 0 Å². The van der Waals surface area contributed by atoms with Gasteiger partial charge in [0.2, 0.25) is 0 Å². The number of anilines is 1. The van der Waals surface area contributed by atoms with Gasteiger partial charge in [0.15, 0.2) is 0 Å². The monoisotopic (exact) mass is 270 g/mol. The fraction of sp³-hybridized carbons (Fsp3) is 0.333. The number of aryl methyl sites for hydroxylation is 2. The van der Waals surface area contributed by atoms with Crippen LogP contribution in [0, 0.1) is 6.92 Å². The van der Waals surface area contributed by atoms with E-state index >= 15 is 0 Å². The van der Waals surface area contributed by atoms with Crippen molar-refractivity contribution in [3.63, 3.8) is 0 Å². The molecule has 0 spiro atoms. The number of aromatic nitrogens is 2. The Balaban J connectivity index is 1.86. The van der Waals surface area contributed by atoms with Gasteiger partial charge in [0.1, 0.15) is 0 Å². The van der Waals surface area contributed by atoms with Gasteiger partial charge < -0.3 is 10.6 Å². The van der Waals surface area contributed by atoms with E-state index in [1.165, 1.54) is 5.56 Å². The predicted octanol–water partition coefficient (Wildman–Crippen LogP) is 1.51. The highest BCUT2D eigenvalue weighted by molar-refractivity contribution is 5.95. The Hall–Kier alpha value is -2.30. The van der Waals surface area contributed by atoms with Crippen LogP contribution in [0.4, 0.5) is 5.69 Å². The van der Waals surface area contributed by atoms with Crippen molar-refractivity contribution < 1.29 is 4.79 Å². The van der Waals surface area contributed by atoms with E-state index in [2.05, 4.69) is 11.2 Å². The van der Waals surface area contributed by atoms with Gasteiger partial charge in [-0.1, -0.05) is 6.07 Å². The molecule has 0 saturated carbocycles. The van der Waals surface area contributed by atoms with Crippen molar-refractivity contribution in [2.75, 3.05) is 12.3 Å². The van der Waals surface area contributed by atoms with Gasteiger partial charge in [0.25, 0.3) is 5.91 Å². The lowest BCUT2D eigenvalue weighted by atomic mass is 9.98. The van der Waals surface area contributed by atoms with E-state index in [1.54, 1.807) is 10.9 Å². The topological polar surface area (TPSA) is 64.2 Å². The van der Waals surface area contributed by atoms with Crippen LogP contribution in [0.2, 0.25) is 0 Å². The van der Waals surface area contributed by atoms with Gasteiger partial charge in [-0.25, -0.2) is 0 Å². The maximum absolute atomic E-state index is 12.6. The molecule has 5 nitrogen and oxygen atoms in total. The second kappa shape index (κ2) is 4.67. The number of hydrogen-bond donors (Lipinski definition) is 1. The second-order valence-electron chi connectivity index (χ2n) is 5.31. The third-order valence-corrected chi connectivity index (χ3v) is 3.77. The number of carbonyl (C=O) groups is 1. The molecule has 2 heterocycles. The average Bonchev–Trinajstić information content (AvgIpc) is 2.76. The van der Waals surface area contributed by atoms with Crippen molar-refractivity contribution in [3.05, 3.63) is 46.8 Å². The average molecular weight is 270 g/mol. The lowest BCUT2D eigenvalue weighted by Gasteiger charge is -2.29. The Labute approximate surface area is 118 Å². The highest BCUT2D eigenvalue weighted by Crippen LogP contribution is 2.23. The quantitative estimate of drug-likeness (QED) is 0.799. The molecule has 0 unspecified atom stereocenters. The van der Waals surface area contributed by atoms with Gasteiger partial charge in [-0.15, -0.1) is 0 Å². The molecule has 0 saturated heterocycles.